The van der Waals surface area contributed by atoms with Gasteiger partial charge in [-0.15, -0.1) is 11.3 Å². The molecule has 1 fully saturated rings. The lowest BCUT2D eigenvalue weighted by atomic mass is 10.2. The van der Waals surface area contributed by atoms with Crippen LogP contribution in [0.4, 0.5) is 5.69 Å². The zero-order valence-electron chi connectivity index (χ0n) is 14.7. The number of nitrogens with one attached hydrogen (secondary N) is 2. The summed E-state index contributed by atoms with van der Waals surface area (Å²) in [6.45, 7) is -0.361. The fraction of sp³-hybridized carbons (Fsp3) is 0.350. The van der Waals surface area contributed by atoms with E-state index in [1.54, 1.807) is 24.3 Å². The molecule has 0 spiro atoms. The summed E-state index contributed by atoms with van der Waals surface area (Å²) in [6, 6.07) is 8.85. The fourth-order valence-electron chi connectivity index (χ4n) is 3.06. The van der Waals surface area contributed by atoms with E-state index in [1.807, 2.05) is 6.07 Å². The van der Waals surface area contributed by atoms with E-state index in [1.165, 1.54) is 21.8 Å². The van der Waals surface area contributed by atoms with Gasteiger partial charge in [-0.1, -0.05) is 6.07 Å². The van der Waals surface area contributed by atoms with E-state index >= 15 is 0 Å². The number of carbonyl (C=O) groups is 3. The minimum atomic E-state index is -0.470. The third-order valence-electron chi connectivity index (χ3n) is 4.60. The summed E-state index contributed by atoms with van der Waals surface area (Å²) in [4.78, 5) is 38.0. The van der Waals surface area contributed by atoms with Gasteiger partial charge in [0, 0.05) is 22.2 Å². The quantitative estimate of drug-likeness (QED) is 0.750. The van der Waals surface area contributed by atoms with Gasteiger partial charge in [-0.2, -0.15) is 0 Å². The van der Waals surface area contributed by atoms with Crippen LogP contribution in [0.3, 0.4) is 0 Å². The summed E-state index contributed by atoms with van der Waals surface area (Å²) in [5.74, 6) is -1.06. The summed E-state index contributed by atoms with van der Waals surface area (Å²) < 4.78 is 5.12. The Morgan fingerprint density at radius 2 is 2.00 bits per heavy atom. The Labute approximate surface area is 160 Å². The SMILES string of the molecule is O=C(COC(=O)c1cc2c(s1)CCC2)Nc1cccc(C(=O)NC2CC2)c1. The molecule has 0 bridgehead atoms. The predicted molar refractivity (Wildman–Crippen MR) is 102 cm³/mol. The van der Waals surface area contributed by atoms with Crippen molar-refractivity contribution < 1.29 is 19.1 Å². The van der Waals surface area contributed by atoms with Crippen LogP contribution in [0.5, 0.6) is 0 Å². The first kappa shape index (κ1) is 17.7. The molecule has 140 valence electrons. The van der Waals surface area contributed by atoms with Gasteiger partial charge in [0.05, 0.1) is 0 Å². The van der Waals surface area contributed by atoms with Crippen molar-refractivity contribution in [2.45, 2.75) is 38.1 Å². The zero-order valence-corrected chi connectivity index (χ0v) is 15.6. The second-order valence-electron chi connectivity index (χ2n) is 6.87. The van der Waals surface area contributed by atoms with Crippen LogP contribution in [0.15, 0.2) is 30.3 Å². The van der Waals surface area contributed by atoms with Gasteiger partial charge < -0.3 is 15.4 Å². The highest BCUT2D eigenvalue weighted by molar-refractivity contribution is 7.14. The van der Waals surface area contributed by atoms with Crippen LogP contribution in [0, 0.1) is 0 Å². The molecule has 1 aromatic carbocycles. The Balaban J connectivity index is 1.29. The van der Waals surface area contributed by atoms with E-state index in [0.717, 1.165) is 32.1 Å². The number of anilines is 1. The van der Waals surface area contributed by atoms with Crippen LogP contribution in [-0.2, 0) is 22.4 Å². The Bertz CT molecular complexity index is 880. The number of thiophene rings is 1. The van der Waals surface area contributed by atoms with E-state index in [2.05, 4.69) is 10.6 Å². The zero-order chi connectivity index (χ0) is 18.8. The molecule has 0 atom stereocenters. The average molecular weight is 384 g/mol. The maximum absolute atomic E-state index is 12.1. The number of benzene rings is 1. The Morgan fingerprint density at radius 1 is 1.15 bits per heavy atom. The van der Waals surface area contributed by atoms with Crippen molar-refractivity contribution in [3.63, 3.8) is 0 Å². The second-order valence-corrected chi connectivity index (χ2v) is 8.00. The lowest BCUT2D eigenvalue weighted by Crippen LogP contribution is -2.25. The molecule has 2 aliphatic carbocycles. The number of carbonyl (C=O) groups excluding carboxylic acids is 3. The van der Waals surface area contributed by atoms with Gasteiger partial charge in [0.1, 0.15) is 4.88 Å². The fourth-order valence-corrected chi connectivity index (χ4v) is 4.21. The van der Waals surface area contributed by atoms with Crippen molar-refractivity contribution in [2.75, 3.05) is 11.9 Å². The predicted octanol–water partition coefficient (Wildman–Crippen LogP) is 2.92. The standard InChI is InChI=1S/C20H20N2O4S/c23-18(11-26-20(25)17-10-12-3-2-6-16(12)27-17)21-15-5-1-4-13(9-15)19(24)22-14-7-8-14/h1,4-5,9-10,14H,2-3,6-8,11H2,(H,21,23)(H,22,24). The highest BCUT2D eigenvalue weighted by Crippen LogP contribution is 2.30. The van der Waals surface area contributed by atoms with Crippen molar-refractivity contribution >= 4 is 34.8 Å². The molecule has 7 heteroatoms. The van der Waals surface area contributed by atoms with Gasteiger partial charge in [-0.05, 0) is 61.9 Å². The molecule has 0 radical (unpaired) electrons. The van der Waals surface area contributed by atoms with Gasteiger partial charge in [0.15, 0.2) is 6.61 Å². The molecule has 4 rings (SSSR count). The number of rotatable bonds is 6. The lowest BCUT2D eigenvalue weighted by Gasteiger charge is -2.08. The summed E-state index contributed by atoms with van der Waals surface area (Å²) in [5, 5.41) is 5.56. The highest BCUT2D eigenvalue weighted by atomic mass is 32.1. The number of amides is 2. The maximum Gasteiger partial charge on any atom is 0.348 e. The third-order valence-corrected chi connectivity index (χ3v) is 5.82. The number of hydrogen-bond acceptors (Lipinski definition) is 5. The molecule has 0 saturated heterocycles. The number of fused-ring (bicyclic) bond motifs is 1. The van der Waals surface area contributed by atoms with Crippen molar-refractivity contribution in [2.24, 2.45) is 0 Å². The molecule has 2 aromatic rings. The first-order valence-corrected chi connectivity index (χ1v) is 9.89. The molecule has 27 heavy (non-hydrogen) atoms. The number of aryl methyl sites for hydroxylation is 2. The van der Waals surface area contributed by atoms with E-state index in [0.29, 0.717) is 16.1 Å². The molecule has 6 nitrogen and oxygen atoms in total. The van der Waals surface area contributed by atoms with Gasteiger partial charge in [-0.25, -0.2) is 4.79 Å². The smallest absolute Gasteiger partial charge is 0.348 e. The van der Waals surface area contributed by atoms with Crippen molar-refractivity contribution in [3.8, 4) is 0 Å². The van der Waals surface area contributed by atoms with Crippen molar-refractivity contribution in [1.29, 1.82) is 0 Å². The third kappa shape index (κ3) is 4.36. The Kier molecular flexibility index (Phi) is 4.94. The summed E-state index contributed by atoms with van der Waals surface area (Å²) in [7, 11) is 0. The summed E-state index contributed by atoms with van der Waals surface area (Å²) >= 11 is 1.45. The van der Waals surface area contributed by atoms with Crippen LogP contribution in [0.1, 0.15) is 49.7 Å². The molecular weight excluding hydrogens is 364 g/mol. The largest absolute Gasteiger partial charge is 0.451 e. The molecule has 1 aromatic heterocycles. The van der Waals surface area contributed by atoms with E-state index in [4.69, 9.17) is 4.74 Å². The van der Waals surface area contributed by atoms with Crippen LogP contribution in [0.25, 0.3) is 0 Å². The maximum atomic E-state index is 12.1. The van der Waals surface area contributed by atoms with E-state index in [-0.39, 0.29) is 18.6 Å². The molecule has 1 saturated carbocycles. The first-order chi connectivity index (χ1) is 13.1. The second kappa shape index (κ2) is 7.52. The van der Waals surface area contributed by atoms with Crippen LogP contribution in [0.2, 0.25) is 0 Å². The normalized spacial score (nSPS) is 15.1. The van der Waals surface area contributed by atoms with Gasteiger partial charge in [0.2, 0.25) is 0 Å². The molecule has 2 amide bonds. The van der Waals surface area contributed by atoms with Gasteiger partial charge >= 0.3 is 5.97 Å². The molecule has 2 aliphatic rings. The van der Waals surface area contributed by atoms with E-state index < -0.39 is 11.9 Å². The van der Waals surface area contributed by atoms with Gasteiger partial charge in [-0.3, -0.25) is 9.59 Å². The Hall–Kier alpha value is -2.67. The molecule has 2 N–H and O–H groups in total. The monoisotopic (exact) mass is 384 g/mol. The average Bonchev–Trinajstić information content (AvgIpc) is 3.20. The molecule has 1 heterocycles. The minimum Gasteiger partial charge on any atom is -0.451 e. The first-order valence-electron chi connectivity index (χ1n) is 9.08. The number of ether oxygens (including phenoxy) is 1. The minimum absolute atomic E-state index is 0.147. The molecule has 0 unspecified atom stereocenters. The van der Waals surface area contributed by atoms with Crippen LogP contribution < -0.4 is 10.6 Å². The van der Waals surface area contributed by atoms with Crippen molar-refractivity contribution in [1.82, 2.24) is 5.32 Å². The molecular formula is C20H20N2O4S. The number of esters is 1. The molecule has 0 aliphatic heterocycles. The Morgan fingerprint density at radius 3 is 2.78 bits per heavy atom. The van der Waals surface area contributed by atoms with Crippen LogP contribution in [-0.4, -0.2) is 30.4 Å². The lowest BCUT2D eigenvalue weighted by molar-refractivity contribution is -0.119. The van der Waals surface area contributed by atoms with Crippen molar-refractivity contribution in [3.05, 3.63) is 51.2 Å². The van der Waals surface area contributed by atoms with Crippen LogP contribution >= 0.6 is 11.3 Å². The summed E-state index contributed by atoms with van der Waals surface area (Å²) in [5.41, 5.74) is 2.21. The highest BCUT2D eigenvalue weighted by Gasteiger charge is 2.24. The van der Waals surface area contributed by atoms with Gasteiger partial charge in [0.25, 0.3) is 11.8 Å². The topological polar surface area (TPSA) is 84.5 Å². The number of hydrogen-bond donors (Lipinski definition) is 2. The van der Waals surface area contributed by atoms with E-state index in [9.17, 15) is 14.4 Å². The summed E-state index contributed by atoms with van der Waals surface area (Å²) in [6.07, 6.45) is 5.18.